The molecule has 10 heteroatoms. The number of nitrogens with one attached hydrogen (secondary N) is 1. The van der Waals surface area contributed by atoms with E-state index >= 15 is 0 Å². The fraction of sp³-hybridized carbons (Fsp3) is 0.188. The number of rotatable bonds is 12. The topological polar surface area (TPSA) is 96.0 Å². The molecular formula is C32H32BrN3O5S. The van der Waals surface area contributed by atoms with Crippen molar-refractivity contribution in [3.8, 4) is 5.75 Å². The van der Waals surface area contributed by atoms with Gasteiger partial charge in [0, 0.05) is 24.5 Å². The predicted octanol–water partition coefficient (Wildman–Crippen LogP) is 5.04. The molecule has 1 atom stereocenters. The average Bonchev–Trinajstić information content (AvgIpc) is 3.02. The molecule has 0 spiro atoms. The van der Waals surface area contributed by atoms with E-state index in [2.05, 4.69) is 21.2 Å². The highest BCUT2D eigenvalue weighted by Gasteiger charge is 2.34. The van der Waals surface area contributed by atoms with Gasteiger partial charge in [0.15, 0.2) is 0 Å². The van der Waals surface area contributed by atoms with Crippen molar-refractivity contribution in [2.45, 2.75) is 23.9 Å². The van der Waals surface area contributed by atoms with E-state index in [4.69, 9.17) is 4.74 Å². The second kappa shape index (κ2) is 14.2. The fourth-order valence-electron chi connectivity index (χ4n) is 4.51. The van der Waals surface area contributed by atoms with Crippen molar-refractivity contribution >= 4 is 43.5 Å². The number of methoxy groups -OCH3 is 1. The Morgan fingerprint density at radius 3 is 2.00 bits per heavy atom. The zero-order valence-corrected chi connectivity index (χ0v) is 25.7. The zero-order valence-electron chi connectivity index (χ0n) is 23.3. The molecule has 1 N–H and O–H groups in total. The third-order valence-electron chi connectivity index (χ3n) is 6.75. The smallest absolute Gasteiger partial charge is 0.264 e. The molecule has 0 aromatic heterocycles. The van der Waals surface area contributed by atoms with Gasteiger partial charge in [-0.2, -0.15) is 0 Å². The van der Waals surface area contributed by atoms with Crippen LogP contribution >= 0.6 is 15.9 Å². The molecule has 0 fully saturated rings. The maximum absolute atomic E-state index is 14.2. The minimum atomic E-state index is -4.17. The number of carbonyl (C=O) groups excluding carboxylic acids is 2. The molecule has 8 nitrogen and oxygen atoms in total. The van der Waals surface area contributed by atoms with Gasteiger partial charge < -0.3 is 15.0 Å². The molecule has 0 heterocycles. The number of amides is 2. The van der Waals surface area contributed by atoms with Gasteiger partial charge in [-0.1, -0.05) is 76.6 Å². The molecule has 0 bridgehead atoms. The number of ether oxygens (including phenoxy) is 1. The Labute approximate surface area is 255 Å². The number of para-hydroxylation sites is 1. The summed E-state index contributed by atoms with van der Waals surface area (Å²) in [5.74, 6) is -0.372. The average molecular weight is 651 g/mol. The number of hydrogen-bond donors (Lipinski definition) is 1. The lowest BCUT2D eigenvalue weighted by Crippen LogP contribution is -2.53. The van der Waals surface area contributed by atoms with Gasteiger partial charge in [0.1, 0.15) is 18.3 Å². The molecule has 0 aliphatic heterocycles. The highest BCUT2D eigenvalue weighted by Crippen LogP contribution is 2.26. The van der Waals surface area contributed by atoms with Crippen molar-refractivity contribution in [3.63, 3.8) is 0 Å². The van der Waals surface area contributed by atoms with Crippen LogP contribution in [0.1, 0.15) is 11.1 Å². The van der Waals surface area contributed by atoms with Gasteiger partial charge in [-0.3, -0.25) is 13.9 Å². The van der Waals surface area contributed by atoms with Crippen molar-refractivity contribution in [1.29, 1.82) is 0 Å². The van der Waals surface area contributed by atoms with Crippen LogP contribution in [0.4, 0.5) is 5.69 Å². The maximum atomic E-state index is 14.2. The SMILES string of the molecule is CNC(=O)[C@H](Cc1ccccc1)N(Cc1ccc(Br)cc1)C(=O)CN(c1ccccc1)S(=O)(=O)c1ccc(OC)cc1. The Balaban J connectivity index is 1.76. The van der Waals surface area contributed by atoms with Crippen LogP contribution in [0.2, 0.25) is 0 Å². The molecular weight excluding hydrogens is 618 g/mol. The molecule has 4 aromatic carbocycles. The van der Waals surface area contributed by atoms with Gasteiger partial charge in [0.2, 0.25) is 11.8 Å². The predicted molar refractivity (Wildman–Crippen MR) is 167 cm³/mol. The van der Waals surface area contributed by atoms with Crippen LogP contribution in [0.5, 0.6) is 5.75 Å². The summed E-state index contributed by atoms with van der Waals surface area (Å²) < 4.78 is 35.1. The Morgan fingerprint density at radius 2 is 1.43 bits per heavy atom. The molecule has 218 valence electrons. The fourth-order valence-corrected chi connectivity index (χ4v) is 6.18. The van der Waals surface area contributed by atoms with E-state index in [1.807, 2.05) is 54.6 Å². The van der Waals surface area contributed by atoms with Gasteiger partial charge in [-0.15, -0.1) is 0 Å². The minimum Gasteiger partial charge on any atom is -0.497 e. The van der Waals surface area contributed by atoms with Crippen molar-refractivity contribution in [2.24, 2.45) is 0 Å². The zero-order chi connectivity index (χ0) is 30.1. The molecule has 4 aromatic rings. The van der Waals surface area contributed by atoms with Gasteiger partial charge in [0.25, 0.3) is 10.0 Å². The third kappa shape index (κ3) is 7.57. The Kier molecular flexibility index (Phi) is 10.4. The van der Waals surface area contributed by atoms with E-state index in [0.717, 1.165) is 19.9 Å². The van der Waals surface area contributed by atoms with Crippen LogP contribution in [-0.4, -0.2) is 51.9 Å². The van der Waals surface area contributed by atoms with E-state index in [1.165, 1.54) is 31.2 Å². The second-order valence-electron chi connectivity index (χ2n) is 9.49. The molecule has 42 heavy (non-hydrogen) atoms. The number of sulfonamides is 1. The van der Waals surface area contributed by atoms with Gasteiger partial charge in [-0.05, 0) is 59.7 Å². The summed E-state index contributed by atoms with van der Waals surface area (Å²) in [6, 6.07) is 30.4. The maximum Gasteiger partial charge on any atom is 0.264 e. The number of hydrogen-bond acceptors (Lipinski definition) is 5. The lowest BCUT2D eigenvalue weighted by molar-refractivity contribution is -0.139. The quantitative estimate of drug-likeness (QED) is 0.232. The standard InChI is InChI=1S/C32H32BrN3O5S/c1-34-32(38)30(21-24-9-5-3-6-10-24)35(22-25-13-15-26(33)16-14-25)31(37)23-36(27-11-7-4-8-12-27)42(39,40)29-19-17-28(41-2)18-20-29/h3-20,30H,21-23H2,1-2H3,(H,34,38)/t30-/m0/s1. The van der Waals surface area contributed by atoms with E-state index in [0.29, 0.717) is 11.4 Å². The number of benzene rings is 4. The Morgan fingerprint density at radius 1 is 0.833 bits per heavy atom. The monoisotopic (exact) mass is 649 g/mol. The first-order valence-electron chi connectivity index (χ1n) is 13.2. The van der Waals surface area contributed by atoms with Gasteiger partial charge >= 0.3 is 0 Å². The number of carbonyl (C=O) groups is 2. The summed E-state index contributed by atoms with van der Waals surface area (Å²) in [6.07, 6.45) is 0.249. The molecule has 2 amide bonds. The first kappa shape index (κ1) is 30.8. The van der Waals surface area contributed by atoms with Crippen molar-refractivity contribution < 1.29 is 22.7 Å². The minimum absolute atomic E-state index is 0.00606. The first-order chi connectivity index (χ1) is 20.2. The lowest BCUT2D eigenvalue weighted by atomic mass is 10.0. The Hall–Kier alpha value is -4.15. The number of anilines is 1. The molecule has 0 aliphatic rings. The van der Waals surface area contributed by atoms with E-state index in [9.17, 15) is 18.0 Å². The summed E-state index contributed by atoms with van der Waals surface area (Å²) >= 11 is 3.43. The highest BCUT2D eigenvalue weighted by molar-refractivity contribution is 9.10. The molecule has 4 rings (SSSR count). The van der Waals surface area contributed by atoms with Crippen molar-refractivity contribution in [2.75, 3.05) is 25.0 Å². The number of likely N-dealkylation sites (N-methyl/N-ethyl adjacent to an activating group) is 1. The van der Waals surface area contributed by atoms with Crippen LogP contribution in [0.25, 0.3) is 0 Å². The van der Waals surface area contributed by atoms with Crippen LogP contribution in [0, 0.1) is 0 Å². The summed E-state index contributed by atoms with van der Waals surface area (Å²) in [4.78, 5) is 29.0. The van der Waals surface area contributed by atoms with E-state index < -0.39 is 28.5 Å². The summed E-state index contributed by atoms with van der Waals surface area (Å²) in [5, 5.41) is 2.68. The second-order valence-corrected chi connectivity index (χ2v) is 12.3. The first-order valence-corrected chi connectivity index (χ1v) is 15.5. The van der Waals surface area contributed by atoms with Crippen molar-refractivity contribution in [3.05, 3.63) is 125 Å². The van der Waals surface area contributed by atoms with Crippen LogP contribution in [-0.2, 0) is 32.6 Å². The summed E-state index contributed by atoms with van der Waals surface area (Å²) in [7, 11) is -1.16. The summed E-state index contributed by atoms with van der Waals surface area (Å²) in [6.45, 7) is -0.417. The molecule has 0 saturated heterocycles. The number of nitrogens with zero attached hydrogens (tertiary/aromatic N) is 2. The van der Waals surface area contributed by atoms with Crippen LogP contribution in [0.3, 0.4) is 0 Å². The summed E-state index contributed by atoms with van der Waals surface area (Å²) in [5.41, 5.74) is 1.98. The number of halogens is 1. The van der Waals surface area contributed by atoms with Crippen LogP contribution in [0.15, 0.2) is 119 Å². The molecule has 0 unspecified atom stereocenters. The van der Waals surface area contributed by atoms with E-state index in [-0.39, 0.29) is 23.8 Å². The van der Waals surface area contributed by atoms with Crippen LogP contribution < -0.4 is 14.4 Å². The van der Waals surface area contributed by atoms with Gasteiger partial charge in [0.05, 0.1) is 17.7 Å². The molecule has 0 radical (unpaired) electrons. The normalized spacial score (nSPS) is 11.8. The third-order valence-corrected chi connectivity index (χ3v) is 9.07. The molecule has 0 saturated carbocycles. The van der Waals surface area contributed by atoms with E-state index in [1.54, 1.807) is 42.5 Å². The highest BCUT2D eigenvalue weighted by atomic mass is 79.9. The molecule has 0 aliphatic carbocycles. The van der Waals surface area contributed by atoms with Gasteiger partial charge in [-0.25, -0.2) is 8.42 Å². The lowest BCUT2D eigenvalue weighted by Gasteiger charge is -2.33. The largest absolute Gasteiger partial charge is 0.497 e. The van der Waals surface area contributed by atoms with Crippen molar-refractivity contribution in [1.82, 2.24) is 10.2 Å². The Bertz CT molecular complexity index is 1580.